The van der Waals surface area contributed by atoms with E-state index in [-0.39, 0.29) is 12.7 Å². The summed E-state index contributed by atoms with van der Waals surface area (Å²) in [6.45, 7) is 6.04. The van der Waals surface area contributed by atoms with Gasteiger partial charge in [0.1, 0.15) is 4.83 Å². The molecule has 5 nitrogen and oxygen atoms in total. The van der Waals surface area contributed by atoms with Gasteiger partial charge in [-0.15, -0.1) is 11.3 Å². The van der Waals surface area contributed by atoms with Gasteiger partial charge in [0, 0.05) is 30.5 Å². The monoisotopic (exact) mass is 397 g/mol. The lowest BCUT2D eigenvalue weighted by Gasteiger charge is -2.10. The zero-order valence-corrected chi connectivity index (χ0v) is 17.6. The highest BCUT2D eigenvalue weighted by Crippen LogP contribution is 2.33. The maximum atomic E-state index is 13.3. The summed E-state index contributed by atoms with van der Waals surface area (Å²) < 4.78 is 3.34. The lowest BCUT2D eigenvalue weighted by Crippen LogP contribution is -2.33. The van der Waals surface area contributed by atoms with Crippen molar-refractivity contribution in [3.05, 3.63) is 61.2 Å². The number of nitrogens with zero attached hydrogens (tertiary/aromatic N) is 2. The van der Waals surface area contributed by atoms with E-state index in [2.05, 4.69) is 15.7 Å². The first-order chi connectivity index (χ1) is 13.5. The third kappa shape index (κ3) is 2.75. The Bertz CT molecular complexity index is 1310. The van der Waals surface area contributed by atoms with Gasteiger partial charge in [-0.05, 0) is 61.9 Å². The number of rotatable bonds is 1. The molecule has 1 aromatic carbocycles. The molecule has 1 aliphatic rings. The van der Waals surface area contributed by atoms with Gasteiger partial charge in [-0.3, -0.25) is 9.78 Å². The number of H-pyrrole nitrogens is 1. The van der Waals surface area contributed by atoms with E-state index in [1.807, 2.05) is 46.0 Å². The summed E-state index contributed by atoms with van der Waals surface area (Å²) >= 11 is 1.57. The van der Waals surface area contributed by atoms with Gasteiger partial charge in [-0.1, -0.05) is 13.8 Å². The van der Waals surface area contributed by atoms with E-state index < -0.39 is 0 Å². The molecule has 3 aromatic heterocycles. The SMILES string of the molecule is CC.Cc1cn(C)c2ccc(-n3c(=O)[nH]c4sc5c(c4c3=O)CCCC5)cc12.[HH]. The highest BCUT2D eigenvalue weighted by Gasteiger charge is 2.21. The number of aromatic nitrogens is 3. The molecule has 6 heteroatoms. The Labute approximate surface area is 168 Å². The van der Waals surface area contributed by atoms with E-state index in [0.717, 1.165) is 52.5 Å². The highest BCUT2D eigenvalue weighted by atomic mass is 32.1. The average Bonchev–Trinajstić information content (AvgIpc) is 3.20. The second-order valence-corrected chi connectivity index (χ2v) is 8.22. The molecule has 0 aliphatic heterocycles. The Hall–Kier alpha value is -2.60. The van der Waals surface area contributed by atoms with Crippen molar-refractivity contribution in [3.63, 3.8) is 0 Å². The lowest BCUT2D eigenvalue weighted by atomic mass is 9.97. The number of fused-ring (bicyclic) bond motifs is 4. The maximum Gasteiger partial charge on any atom is 0.334 e. The summed E-state index contributed by atoms with van der Waals surface area (Å²) in [5.74, 6) is 0. The molecule has 0 fully saturated rings. The van der Waals surface area contributed by atoms with Crippen LogP contribution in [0.15, 0.2) is 34.0 Å². The molecule has 28 heavy (non-hydrogen) atoms. The summed E-state index contributed by atoms with van der Waals surface area (Å²) in [6.07, 6.45) is 6.24. The number of benzene rings is 1. The quantitative estimate of drug-likeness (QED) is 0.506. The standard InChI is InChI=1S/C20H19N3O2S.C2H6.H2/c1-11-10-22(2)15-8-7-12(9-14(11)15)23-19(24)17-13-5-3-4-6-16(13)26-18(17)21-20(23)25;1-2;/h7-10H,3-6H2,1-2H3,(H,21,25);1-2H3;1H. The maximum absolute atomic E-state index is 13.3. The van der Waals surface area contributed by atoms with Crippen molar-refractivity contribution in [2.24, 2.45) is 7.05 Å². The Balaban J connectivity index is 0.000000778. The minimum absolute atomic E-state index is 0. The third-order valence-corrected chi connectivity index (χ3v) is 6.65. The van der Waals surface area contributed by atoms with Gasteiger partial charge in [0.25, 0.3) is 5.56 Å². The summed E-state index contributed by atoms with van der Waals surface area (Å²) in [7, 11) is 2.00. The Morgan fingerprint density at radius 3 is 2.68 bits per heavy atom. The summed E-state index contributed by atoms with van der Waals surface area (Å²) in [5.41, 5.74) is 3.41. The number of thiophene rings is 1. The van der Waals surface area contributed by atoms with Crippen molar-refractivity contribution in [1.82, 2.24) is 14.1 Å². The van der Waals surface area contributed by atoms with Gasteiger partial charge in [0.2, 0.25) is 0 Å². The fourth-order valence-electron chi connectivity index (χ4n) is 4.19. The van der Waals surface area contributed by atoms with E-state index >= 15 is 0 Å². The van der Waals surface area contributed by atoms with Crippen molar-refractivity contribution in [2.45, 2.75) is 46.5 Å². The van der Waals surface area contributed by atoms with Crippen LogP contribution in [0.2, 0.25) is 0 Å². The summed E-state index contributed by atoms with van der Waals surface area (Å²) in [4.78, 5) is 30.9. The number of hydrogen-bond acceptors (Lipinski definition) is 3. The molecule has 0 atom stereocenters. The van der Waals surface area contributed by atoms with Crippen LogP contribution in [0.25, 0.3) is 26.8 Å². The van der Waals surface area contributed by atoms with Crippen LogP contribution < -0.4 is 11.2 Å². The molecule has 0 unspecified atom stereocenters. The molecule has 0 amide bonds. The van der Waals surface area contributed by atoms with Crippen LogP contribution >= 0.6 is 11.3 Å². The van der Waals surface area contributed by atoms with E-state index in [4.69, 9.17) is 0 Å². The molecule has 0 spiro atoms. The second-order valence-electron chi connectivity index (χ2n) is 7.11. The van der Waals surface area contributed by atoms with E-state index in [0.29, 0.717) is 11.1 Å². The van der Waals surface area contributed by atoms with Gasteiger partial charge in [0.05, 0.1) is 11.1 Å². The molecule has 0 bridgehead atoms. The molecule has 1 N–H and O–H groups in total. The first-order valence-electron chi connectivity index (χ1n) is 9.90. The van der Waals surface area contributed by atoms with Gasteiger partial charge in [0.15, 0.2) is 0 Å². The van der Waals surface area contributed by atoms with E-state index in [1.54, 1.807) is 11.3 Å². The topological polar surface area (TPSA) is 59.8 Å². The molecule has 5 rings (SSSR count). The van der Waals surface area contributed by atoms with Crippen LogP contribution in [0.1, 0.15) is 44.1 Å². The molecular weight excluding hydrogens is 370 g/mol. The fourth-order valence-corrected chi connectivity index (χ4v) is 5.46. The minimum atomic E-state index is -0.367. The van der Waals surface area contributed by atoms with Crippen LogP contribution in [0, 0.1) is 6.92 Å². The fraction of sp³-hybridized carbons (Fsp3) is 0.364. The second kappa shape index (κ2) is 7.09. The van der Waals surface area contributed by atoms with Crippen LogP contribution in [-0.2, 0) is 19.9 Å². The van der Waals surface area contributed by atoms with Crippen molar-refractivity contribution in [2.75, 3.05) is 0 Å². The molecular formula is C22H27N3O2S. The van der Waals surface area contributed by atoms with Crippen LogP contribution in [-0.4, -0.2) is 14.1 Å². The summed E-state index contributed by atoms with van der Waals surface area (Å²) in [6, 6.07) is 5.76. The van der Waals surface area contributed by atoms with Crippen LogP contribution in [0.4, 0.5) is 0 Å². The van der Waals surface area contributed by atoms with Crippen molar-refractivity contribution in [1.29, 1.82) is 0 Å². The lowest BCUT2D eigenvalue weighted by molar-refractivity contribution is 0.699. The number of nitrogens with one attached hydrogen (secondary N) is 1. The average molecular weight is 398 g/mol. The third-order valence-electron chi connectivity index (χ3n) is 5.44. The molecule has 0 radical (unpaired) electrons. The molecule has 1 aliphatic carbocycles. The molecule has 148 valence electrons. The van der Waals surface area contributed by atoms with Gasteiger partial charge < -0.3 is 4.57 Å². The molecule has 0 saturated carbocycles. The van der Waals surface area contributed by atoms with Crippen molar-refractivity contribution < 1.29 is 1.43 Å². The van der Waals surface area contributed by atoms with Crippen LogP contribution in [0.5, 0.6) is 0 Å². The Morgan fingerprint density at radius 1 is 1.14 bits per heavy atom. The first kappa shape index (κ1) is 18.7. The number of aromatic amines is 1. The van der Waals surface area contributed by atoms with Crippen LogP contribution in [0.3, 0.4) is 0 Å². The predicted octanol–water partition coefficient (Wildman–Crippen LogP) is 4.69. The largest absolute Gasteiger partial charge is 0.350 e. The van der Waals surface area contributed by atoms with E-state index in [9.17, 15) is 9.59 Å². The normalized spacial score (nSPS) is 13.4. The Kier molecular flexibility index (Phi) is 4.75. The molecule has 3 heterocycles. The smallest absolute Gasteiger partial charge is 0.334 e. The molecule has 0 saturated heterocycles. The first-order valence-corrected chi connectivity index (χ1v) is 10.7. The minimum Gasteiger partial charge on any atom is -0.350 e. The van der Waals surface area contributed by atoms with E-state index in [1.165, 1.54) is 9.44 Å². The zero-order chi connectivity index (χ0) is 20.0. The summed E-state index contributed by atoms with van der Waals surface area (Å²) in [5, 5.41) is 1.76. The van der Waals surface area contributed by atoms with Gasteiger partial charge in [-0.25, -0.2) is 9.36 Å². The molecule has 4 aromatic rings. The Morgan fingerprint density at radius 2 is 1.89 bits per heavy atom. The van der Waals surface area contributed by atoms with Crippen molar-refractivity contribution >= 4 is 32.5 Å². The van der Waals surface area contributed by atoms with Gasteiger partial charge in [-0.2, -0.15) is 0 Å². The zero-order valence-electron chi connectivity index (χ0n) is 16.8. The number of aryl methyl sites for hydroxylation is 4. The van der Waals surface area contributed by atoms with Gasteiger partial charge >= 0.3 is 5.69 Å². The highest BCUT2D eigenvalue weighted by molar-refractivity contribution is 7.18. The predicted molar refractivity (Wildman–Crippen MR) is 119 cm³/mol. The van der Waals surface area contributed by atoms with Crippen molar-refractivity contribution in [3.8, 4) is 5.69 Å². The number of hydrogen-bond donors (Lipinski definition) is 1.